The Morgan fingerprint density at radius 2 is 2.05 bits per heavy atom. The molecule has 2 aliphatic rings. The molecule has 0 bridgehead atoms. The number of hydrogen-bond acceptors (Lipinski definition) is 9. The van der Waals surface area contributed by atoms with Crippen LogP contribution in [-0.4, -0.2) is 95.3 Å². The zero-order valence-corrected chi connectivity index (χ0v) is 23.8. The van der Waals surface area contributed by atoms with Crippen molar-refractivity contribution >= 4 is 39.9 Å². The highest BCUT2D eigenvalue weighted by atomic mass is 32.1. The van der Waals surface area contributed by atoms with Gasteiger partial charge >= 0.3 is 0 Å². The van der Waals surface area contributed by atoms with E-state index in [1.807, 2.05) is 18.9 Å². The number of carbonyl (C=O) groups is 3. The average molecular weight is 570 g/mol. The van der Waals surface area contributed by atoms with Gasteiger partial charge in [-0.05, 0) is 39.1 Å². The van der Waals surface area contributed by atoms with Crippen LogP contribution >= 0.6 is 11.3 Å². The number of halogens is 1. The maximum Gasteiger partial charge on any atom is 0.276 e. The second kappa shape index (κ2) is 11.3. The van der Waals surface area contributed by atoms with Crippen molar-refractivity contribution in [2.75, 3.05) is 57.0 Å². The van der Waals surface area contributed by atoms with E-state index in [2.05, 4.69) is 20.2 Å². The number of aryl methyl sites for hydroxylation is 1. The largest absolute Gasteiger partial charge is 0.448 e. The lowest BCUT2D eigenvalue weighted by Crippen LogP contribution is -2.56. The quantitative estimate of drug-likeness (QED) is 0.482. The summed E-state index contributed by atoms with van der Waals surface area (Å²) >= 11 is 1.44. The van der Waals surface area contributed by atoms with Gasteiger partial charge in [0.05, 0.1) is 17.8 Å². The molecule has 40 heavy (non-hydrogen) atoms. The molecule has 0 unspecified atom stereocenters. The van der Waals surface area contributed by atoms with Crippen LogP contribution in [0.3, 0.4) is 0 Å². The fraction of sp³-hybridized carbons (Fsp3) is 0.444. The van der Waals surface area contributed by atoms with Gasteiger partial charge in [-0.1, -0.05) is 0 Å². The van der Waals surface area contributed by atoms with E-state index in [4.69, 9.17) is 4.42 Å². The van der Waals surface area contributed by atoms with Crippen LogP contribution in [0.5, 0.6) is 0 Å². The zero-order chi connectivity index (χ0) is 28.6. The first-order valence-corrected chi connectivity index (χ1v) is 13.9. The highest BCUT2D eigenvalue weighted by Crippen LogP contribution is 2.30. The first-order chi connectivity index (χ1) is 19.1. The number of nitrogens with zero attached hydrogens (tertiary/aromatic N) is 6. The average Bonchev–Trinajstić information content (AvgIpc) is 3.52. The molecule has 13 heteroatoms. The number of hydrogen-bond donors (Lipinski definition) is 1. The molecule has 4 heterocycles. The Morgan fingerprint density at radius 1 is 1.25 bits per heavy atom. The summed E-state index contributed by atoms with van der Waals surface area (Å²) in [5.74, 6) is -1.12. The topological polar surface area (TPSA) is 115 Å². The van der Waals surface area contributed by atoms with E-state index in [9.17, 15) is 18.8 Å². The zero-order valence-electron chi connectivity index (χ0n) is 22.9. The third kappa shape index (κ3) is 5.70. The first kappa shape index (κ1) is 27.7. The second-order valence-electron chi connectivity index (χ2n) is 10.3. The summed E-state index contributed by atoms with van der Waals surface area (Å²) in [6.07, 6.45) is 2.03. The minimum atomic E-state index is -0.508. The van der Waals surface area contributed by atoms with Gasteiger partial charge in [0.1, 0.15) is 11.6 Å². The summed E-state index contributed by atoms with van der Waals surface area (Å²) < 4.78 is 19.4. The van der Waals surface area contributed by atoms with Crippen molar-refractivity contribution in [3.05, 3.63) is 58.0 Å². The van der Waals surface area contributed by atoms with Gasteiger partial charge in [0, 0.05) is 62.8 Å². The molecule has 0 spiro atoms. The standard InChI is InChI=1S/C27H32FN7O4S/c1-16-12-34(9-10-35(16)23(36)14-33(4)26(38)24-17(2)39-15-29-24)21-6-5-18(28)11-19(21)25(37)31-27-30-20-7-8-32(3)13-22(20)40-27/h5-6,11,15-16H,7-10,12-14H2,1-4H3,(H,30,31,37)/t16-/m0/s1. The van der Waals surface area contributed by atoms with Crippen molar-refractivity contribution in [3.8, 4) is 0 Å². The number of amides is 3. The number of aromatic nitrogens is 2. The lowest BCUT2D eigenvalue weighted by Gasteiger charge is -2.42. The number of benzene rings is 1. The van der Waals surface area contributed by atoms with Gasteiger partial charge in [0.15, 0.2) is 17.2 Å². The Kier molecular flexibility index (Phi) is 7.86. The minimum Gasteiger partial charge on any atom is -0.448 e. The molecule has 2 aliphatic heterocycles. The summed E-state index contributed by atoms with van der Waals surface area (Å²) in [6.45, 7) is 6.43. The van der Waals surface area contributed by atoms with E-state index >= 15 is 0 Å². The van der Waals surface area contributed by atoms with Crippen molar-refractivity contribution in [1.29, 1.82) is 0 Å². The van der Waals surface area contributed by atoms with E-state index < -0.39 is 11.7 Å². The molecular weight excluding hydrogens is 537 g/mol. The number of oxazole rings is 1. The van der Waals surface area contributed by atoms with Crippen molar-refractivity contribution in [2.24, 2.45) is 0 Å². The number of thiazole rings is 1. The lowest BCUT2D eigenvalue weighted by atomic mass is 10.1. The number of likely N-dealkylation sites (N-methyl/N-ethyl adjacent to an activating group) is 2. The number of carbonyl (C=O) groups excluding carboxylic acids is 3. The Morgan fingerprint density at radius 3 is 2.77 bits per heavy atom. The van der Waals surface area contributed by atoms with Gasteiger partial charge in [-0.15, -0.1) is 11.3 Å². The van der Waals surface area contributed by atoms with Crippen LogP contribution in [0.15, 0.2) is 29.0 Å². The van der Waals surface area contributed by atoms with Gasteiger partial charge in [0.2, 0.25) is 5.91 Å². The molecule has 212 valence electrons. The predicted octanol–water partition coefficient (Wildman–Crippen LogP) is 2.63. The van der Waals surface area contributed by atoms with Gasteiger partial charge in [-0.2, -0.15) is 0 Å². The fourth-order valence-corrected chi connectivity index (χ4v) is 6.19. The van der Waals surface area contributed by atoms with Gasteiger partial charge in [-0.3, -0.25) is 19.7 Å². The van der Waals surface area contributed by atoms with Crippen molar-refractivity contribution in [2.45, 2.75) is 32.9 Å². The summed E-state index contributed by atoms with van der Waals surface area (Å²) in [6, 6.07) is 3.96. The summed E-state index contributed by atoms with van der Waals surface area (Å²) in [4.78, 5) is 55.9. The SMILES string of the molecule is Cc1ocnc1C(=O)N(C)CC(=O)N1CCN(c2ccc(F)cc2C(=O)Nc2nc3c(s2)CN(C)CC3)C[C@@H]1C. The molecule has 11 nitrogen and oxygen atoms in total. The highest BCUT2D eigenvalue weighted by Gasteiger charge is 2.31. The maximum atomic E-state index is 14.3. The lowest BCUT2D eigenvalue weighted by molar-refractivity contribution is -0.134. The molecule has 0 radical (unpaired) electrons. The van der Waals surface area contributed by atoms with Crippen molar-refractivity contribution in [3.63, 3.8) is 0 Å². The molecule has 1 N–H and O–H groups in total. The van der Waals surface area contributed by atoms with E-state index in [0.29, 0.717) is 36.2 Å². The Labute approximate surface area is 235 Å². The number of nitrogens with one attached hydrogen (secondary N) is 1. The summed E-state index contributed by atoms with van der Waals surface area (Å²) in [5.41, 5.74) is 1.98. The number of rotatable bonds is 6. The van der Waals surface area contributed by atoms with Crippen LogP contribution in [0, 0.1) is 12.7 Å². The molecular formula is C27H32FN7O4S. The highest BCUT2D eigenvalue weighted by molar-refractivity contribution is 7.15. The minimum absolute atomic E-state index is 0.104. The van der Waals surface area contributed by atoms with Crippen LogP contribution in [0.25, 0.3) is 0 Å². The Bertz CT molecular complexity index is 1440. The third-order valence-electron chi connectivity index (χ3n) is 7.30. The molecule has 1 aromatic carbocycles. The van der Waals surface area contributed by atoms with Crippen LogP contribution in [0.4, 0.5) is 15.2 Å². The van der Waals surface area contributed by atoms with E-state index in [1.54, 1.807) is 24.9 Å². The van der Waals surface area contributed by atoms with Crippen LogP contribution in [0.1, 0.15) is 44.1 Å². The van der Waals surface area contributed by atoms with Crippen LogP contribution in [0.2, 0.25) is 0 Å². The summed E-state index contributed by atoms with van der Waals surface area (Å²) in [5, 5.41) is 3.37. The molecule has 2 aromatic heterocycles. The van der Waals surface area contributed by atoms with Gasteiger partial charge < -0.3 is 24.0 Å². The smallest absolute Gasteiger partial charge is 0.276 e. The first-order valence-electron chi connectivity index (χ1n) is 13.1. The molecule has 1 fully saturated rings. The molecule has 3 aromatic rings. The molecule has 3 amide bonds. The Balaban J connectivity index is 1.25. The van der Waals surface area contributed by atoms with Crippen molar-refractivity contribution in [1.82, 2.24) is 24.7 Å². The monoisotopic (exact) mass is 569 g/mol. The van der Waals surface area contributed by atoms with E-state index in [-0.39, 0.29) is 35.7 Å². The molecule has 0 saturated carbocycles. The van der Waals surface area contributed by atoms with Crippen molar-refractivity contribution < 1.29 is 23.2 Å². The fourth-order valence-electron chi connectivity index (χ4n) is 5.11. The normalized spacial score (nSPS) is 17.5. The third-order valence-corrected chi connectivity index (χ3v) is 8.30. The Hall–Kier alpha value is -3.84. The number of anilines is 2. The molecule has 0 aliphatic carbocycles. The van der Waals surface area contributed by atoms with Gasteiger partial charge in [0.25, 0.3) is 11.8 Å². The molecule has 5 rings (SSSR count). The number of fused-ring (bicyclic) bond motifs is 1. The predicted molar refractivity (Wildman–Crippen MR) is 148 cm³/mol. The van der Waals surface area contributed by atoms with Gasteiger partial charge in [-0.25, -0.2) is 14.4 Å². The molecule has 1 atom stereocenters. The van der Waals surface area contributed by atoms with Crippen LogP contribution < -0.4 is 10.2 Å². The van der Waals surface area contributed by atoms with Crippen LogP contribution in [-0.2, 0) is 17.8 Å². The maximum absolute atomic E-state index is 14.3. The second-order valence-corrected chi connectivity index (χ2v) is 11.4. The molecule has 1 saturated heterocycles. The summed E-state index contributed by atoms with van der Waals surface area (Å²) in [7, 11) is 3.60. The number of piperazine rings is 1. The van der Waals surface area contributed by atoms with E-state index in [0.717, 1.165) is 30.1 Å². The van der Waals surface area contributed by atoms with E-state index in [1.165, 1.54) is 34.8 Å².